The normalized spacial score (nSPS) is 16.9. The van der Waals surface area contributed by atoms with Crippen LogP contribution in [0.5, 0.6) is 0 Å². The SMILES string of the molecule is COC(=O)CCc1ccc2c(c1)CCCS2(=O)=O. The second-order valence-corrected chi connectivity index (χ2v) is 6.52. The van der Waals surface area contributed by atoms with Crippen molar-refractivity contribution in [2.24, 2.45) is 0 Å². The maximum Gasteiger partial charge on any atom is 0.305 e. The van der Waals surface area contributed by atoms with Gasteiger partial charge in [0, 0.05) is 6.42 Å². The maximum absolute atomic E-state index is 11.8. The Hall–Kier alpha value is -1.36. The van der Waals surface area contributed by atoms with E-state index in [4.69, 9.17) is 0 Å². The number of carbonyl (C=O) groups is 1. The van der Waals surface area contributed by atoms with E-state index >= 15 is 0 Å². The largest absolute Gasteiger partial charge is 0.469 e. The number of methoxy groups -OCH3 is 1. The van der Waals surface area contributed by atoms with Crippen LogP contribution in [0.1, 0.15) is 24.0 Å². The Morgan fingerprint density at radius 2 is 2.17 bits per heavy atom. The summed E-state index contributed by atoms with van der Waals surface area (Å²) >= 11 is 0. The van der Waals surface area contributed by atoms with Gasteiger partial charge < -0.3 is 4.74 Å². The molecule has 0 saturated heterocycles. The second kappa shape index (κ2) is 5.10. The lowest BCUT2D eigenvalue weighted by atomic mass is 10.0. The summed E-state index contributed by atoms with van der Waals surface area (Å²) in [5.41, 5.74) is 1.86. The first-order valence-corrected chi connectivity index (χ1v) is 7.59. The third kappa shape index (κ3) is 2.72. The molecule has 0 atom stereocenters. The second-order valence-electron chi connectivity index (χ2n) is 4.44. The summed E-state index contributed by atoms with van der Waals surface area (Å²) < 4.78 is 28.2. The van der Waals surface area contributed by atoms with Crippen molar-refractivity contribution in [1.82, 2.24) is 0 Å². The molecule has 1 heterocycles. The number of hydrogen-bond acceptors (Lipinski definition) is 4. The Morgan fingerprint density at radius 1 is 1.39 bits per heavy atom. The molecule has 1 aromatic carbocycles. The number of benzene rings is 1. The molecule has 18 heavy (non-hydrogen) atoms. The summed E-state index contributed by atoms with van der Waals surface area (Å²) in [7, 11) is -1.72. The van der Waals surface area contributed by atoms with Crippen LogP contribution >= 0.6 is 0 Å². The standard InChI is InChI=1S/C13H16O4S/c1-17-13(14)7-5-10-4-6-12-11(9-10)3-2-8-18(12,15)16/h4,6,9H,2-3,5,7-8H2,1H3. The molecule has 0 amide bonds. The fourth-order valence-electron chi connectivity index (χ4n) is 2.20. The molecule has 1 aromatic rings. The third-order valence-electron chi connectivity index (χ3n) is 3.16. The lowest BCUT2D eigenvalue weighted by Crippen LogP contribution is -2.16. The Kier molecular flexibility index (Phi) is 3.71. The van der Waals surface area contributed by atoms with E-state index in [0.29, 0.717) is 24.2 Å². The number of fused-ring (bicyclic) bond motifs is 1. The molecule has 0 N–H and O–H groups in total. The molecule has 0 saturated carbocycles. The van der Waals surface area contributed by atoms with Crippen LogP contribution in [0, 0.1) is 0 Å². The summed E-state index contributed by atoms with van der Waals surface area (Å²) in [6.45, 7) is 0. The molecule has 0 fully saturated rings. The van der Waals surface area contributed by atoms with E-state index in [1.165, 1.54) is 7.11 Å². The number of rotatable bonds is 3. The Bertz CT molecular complexity index is 560. The first-order chi connectivity index (χ1) is 8.53. The van der Waals surface area contributed by atoms with Crippen molar-refractivity contribution < 1.29 is 17.9 Å². The van der Waals surface area contributed by atoms with Crippen LogP contribution in [0.25, 0.3) is 0 Å². The van der Waals surface area contributed by atoms with Gasteiger partial charge in [-0.05, 0) is 36.5 Å². The van der Waals surface area contributed by atoms with Gasteiger partial charge in [-0.15, -0.1) is 0 Å². The molecule has 0 radical (unpaired) electrons. The van der Waals surface area contributed by atoms with Gasteiger partial charge in [-0.1, -0.05) is 12.1 Å². The summed E-state index contributed by atoms with van der Waals surface area (Å²) in [4.78, 5) is 11.5. The molecule has 98 valence electrons. The van der Waals surface area contributed by atoms with Gasteiger partial charge in [-0.2, -0.15) is 0 Å². The summed E-state index contributed by atoms with van der Waals surface area (Å²) in [6.07, 6.45) is 2.37. The molecule has 4 nitrogen and oxygen atoms in total. The molecule has 0 bridgehead atoms. The zero-order valence-electron chi connectivity index (χ0n) is 10.3. The average molecular weight is 268 g/mol. The molecule has 0 unspecified atom stereocenters. The molecule has 5 heteroatoms. The first-order valence-electron chi connectivity index (χ1n) is 5.94. The number of aryl methyl sites for hydroxylation is 2. The van der Waals surface area contributed by atoms with E-state index in [9.17, 15) is 13.2 Å². The molecular weight excluding hydrogens is 252 g/mol. The molecule has 0 aliphatic carbocycles. The van der Waals surface area contributed by atoms with Gasteiger partial charge in [-0.25, -0.2) is 8.42 Å². The smallest absolute Gasteiger partial charge is 0.305 e. The number of sulfone groups is 1. The highest BCUT2D eigenvalue weighted by Crippen LogP contribution is 2.26. The summed E-state index contributed by atoms with van der Waals surface area (Å²) in [6, 6.07) is 5.34. The summed E-state index contributed by atoms with van der Waals surface area (Å²) in [5, 5.41) is 0. The van der Waals surface area contributed by atoms with Gasteiger partial charge in [0.2, 0.25) is 0 Å². The molecule has 0 spiro atoms. The zero-order valence-corrected chi connectivity index (χ0v) is 11.1. The minimum absolute atomic E-state index is 0.238. The van der Waals surface area contributed by atoms with E-state index in [-0.39, 0.29) is 11.7 Å². The number of esters is 1. The zero-order chi connectivity index (χ0) is 13.2. The van der Waals surface area contributed by atoms with Crippen molar-refractivity contribution in [1.29, 1.82) is 0 Å². The predicted molar refractivity (Wildman–Crippen MR) is 67.2 cm³/mol. The Labute approximate surface area is 107 Å². The number of hydrogen-bond donors (Lipinski definition) is 0. The van der Waals surface area contributed by atoms with Crippen LogP contribution in [0.3, 0.4) is 0 Å². The average Bonchev–Trinajstić information content (AvgIpc) is 2.35. The number of ether oxygens (including phenoxy) is 1. The van der Waals surface area contributed by atoms with Crippen LogP contribution < -0.4 is 0 Å². The topological polar surface area (TPSA) is 60.4 Å². The van der Waals surface area contributed by atoms with Gasteiger partial charge in [0.05, 0.1) is 17.8 Å². The fraction of sp³-hybridized carbons (Fsp3) is 0.462. The third-order valence-corrected chi connectivity index (χ3v) is 5.06. The Morgan fingerprint density at radius 3 is 2.89 bits per heavy atom. The highest BCUT2D eigenvalue weighted by atomic mass is 32.2. The van der Waals surface area contributed by atoms with Gasteiger partial charge in [-0.3, -0.25) is 4.79 Å². The minimum Gasteiger partial charge on any atom is -0.469 e. The van der Waals surface area contributed by atoms with Crippen molar-refractivity contribution >= 4 is 15.8 Å². The van der Waals surface area contributed by atoms with Gasteiger partial charge in [0.15, 0.2) is 9.84 Å². The molecule has 1 aliphatic rings. The lowest BCUT2D eigenvalue weighted by molar-refractivity contribution is -0.140. The van der Waals surface area contributed by atoms with Crippen molar-refractivity contribution in [3.8, 4) is 0 Å². The first kappa shape index (κ1) is 13.1. The van der Waals surface area contributed by atoms with Crippen LogP contribution in [0.2, 0.25) is 0 Å². The monoisotopic (exact) mass is 268 g/mol. The quantitative estimate of drug-likeness (QED) is 0.780. The molecule has 1 aliphatic heterocycles. The lowest BCUT2D eigenvalue weighted by Gasteiger charge is -2.17. The van der Waals surface area contributed by atoms with Crippen LogP contribution in [0.4, 0.5) is 0 Å². The van der Waals surface area contributed by atoms with E-state index in [0.717, 1.165) is 17.5 Å². The van der Waals surface area contributed by atoms with Crippen LogP contribution in [-0.2, 0) is 32.2 Å². The van der Waals surface area contributed by atoms with Gasteiger partial charge >= 0.3 is 5.97 Å². The van der Waals surface area contributed by atoms with Gasteiger partial charge in [0.25, 0.3) is 0 Å². The van der Waals surface area contributed by atoms with Crippen molar-refractivity contribution in [2.75, 3.05) is 12.9 Å². The van der Waals surface area contributed by atoms with Crippen molar-refractivity contribution in [2.45, 2.75) is 30.6 Å². The van der Waals surface area contributed by atoms with E-state index < -0.39 is 9.84 Å². The minimum atomic E-state index is -3.09. The van der Waals surface area contributed by atoms with E-state index in [2.05, 4.69) is 4.74 Å². The van der Waals surface area contributed by atoms with E-state index in [1.807, 2.05) is 6.07 Å². The van der Waals surface area contributed by atoms with Crippen molar-refractivity contribution in [3.63, 3.8) is 0 Å². The highest BCUT2D eigenvalue weighted by Gasteiger charge is 2.23. The predicted octanol–water partition coefficient (Wildman–Crippen LogP) is 1.51. The van der Waals surface area contributed by atoms with Crippen molar-refractivity contribution in [3.05, 3.63) is 29.3 Å². The van der Waals surface area contributed by atoms with Gasteiger partial charge in [0.1, 0.15) is 0 Å². The highest BCUT2D eigenvalue weighted by molar-refractivity contribution is 7.91. The maximum atomic E-state index is 11.8. The molecule has 2 rings (SSSR count). The van der Waals surface area contributed by atoms with E-state index in [1.54, 1.807) is 12.1 Å². The molecule has 0 aromatic heterocycles. The number of carbonyl (C=O) groups excluding carboxylic acids is 1. The Balaban J connectivity index is 2.20. The fourth-order valence-corrected chi connectivity index (χ4v) is 3.78. The van der Waals surface area contributed by atoms with Crippen LogP contribution in [0.15, 0.2) is 23.1 Å². The van der Waals surface area contributed by atoms with Crippen LogP contribution in [-0.4, -0.2) is 27.2 Å². The summed E-state index contributed by atoms with van der Waals surface area (Å²) in [5.74, 6) is -0.0121. The molecular formula is C13H16O4S.